The van der Waals surface area contributed by atoms with Crippen LogP contribution in [0.3, 0.4) is 0 Å². The van der Waals surface area contributed by atoms with Gasteiger partial charge in [0.25, 0.3) is 0 Å². The van der Waals surface area contributed by atoms with Crippen molar-refractivity contribution < 1.29 is 0 Å². The van der Waals surface area contributed by atoms with Gasteiger partial charge < -0.3 is 10.3 Å². The van der Waals surface area contributed by atoms with Gasteiger partial charge >= 0.3 is 0 Å². The normalized spacial score (nSPS) is 11.6. The molecule has 1 aromatic carbocycles. The Bertz CT molecular complexity index is 527. The van der Waals surface area contributed by atoms with E-state index in [1.165, 1.54) is 29.3 Å². The lowest BCUT2D eigenvalue weighted by atomic mass is 10.0. The Labute approximate surface area is 114 Å². The molecule has 0 aliphatic carbocycles. The Morgan fingerprint density at radius 2 is 2.00 bits per heavy atom. The first kappa shape index (κ1) is 13.4. The number of hydrogen-bond acceptors (Lipinski definition) is 1. The summed E-state index contributed by atoms with van der Waals surface area (Å²) in [6.07, 6.45) is 4.59. The minimum Gasteiger partial charge on any atom is -0.347 e. The molecule has 18 heavy (non-hydrogen) atoms. The van der Waals surface area contributed by atoms with E-state index in [4.69, 9.17) is 17.3 Å². The molecule has 0 radical (unpaired) electrons. The Hall–Kier alpha value is -0.990. The fraction of sp³-hybridized carbons (Fsp3) is 0.467. The number of fused-ring (bicyclic) bond motifs is 1. The number of nitrogens with two attached hydrogens (primary N) is 1. The van der Waals surface area contributed by atoms with Gasteiger partial charge in [-0.3, -0.25) is 0 Å². The number of aromatic nitrogens is 1. The third kappa shape index (κ3) is 2.55. The maximum atomic E-state index is 6.10. The Morgan fingerprint density at radius 3 is 2.61 bits per heavy atom. The molecule has 1 heterocycles. The monoisotopic (exact) mass is 264 g/mol. The van der Waals surface area contributed by atoms with Gasteiger partial charge in [-0.1, -0.05) is 44.4 Å². The average molecular weight is 265 g/mol. The lowest BCUT2D eigenvalue weighted by Crippen LogP contribution is -2.08. The zero-order valence-corrected chi connectivity index (χ0v) is 11.9. The van der Waals surface area contributed by atoms with Crippen LogP contribution in [0.15, 0.2) is 24.4 Å². The highest BCUT2D eigenvalue weighted by Crippen LogP contribution is 2.26. The van der Waals surface area contributed by atoms with E-state index in [1.54, 1.807) is 0 Å². The molecule has 2 aromatic rings. The van der Waals surface area contributed by atoms with Gasteiger partial charge in [0.2, 0.25) is 0 Å². The molecule has 0 amide bonds. The molecular weight excluding hydrogens is 244 g/mol. The second-order valence-electron chi connectivity index (χ2n) is 4.85. The van der Waals surface area contributed by atoms with Gasteiger partial charge in [-0.2, -0.15) is 0 Å². The van der Waals surface area contributed by atoms with Crippen LogP contribution in [0.2, 0.25) is 5.02 Å². The van der Waals surface area contributed by atoms with Crippen LogP contribution in [0.25, 0.3) is 10.9 Å². The van der Waals surface area contributed by atoms with Gasteiger partial charge in [-0.05, 0) is 23.6 Å². The molecule has 0 saturated heterocycles. The van der Waals surface area contributed by atoms with Crippen molar-refractivity contribution in [1.29, 1.82) is 0 Å². The van der Waals surface area contributed by atoms with Crippen molar-refractivity contribution in [2.24, 2.45) is 11.7 Å². The second kappa shape index (κ2) is 5.77. The van der Waals surface area contributed by atoms with Gasteiger partial charge in [0.1, 0.15) is 0 Å². The summed E-state index contributed by atoms with van der Waals surface area (Å²) in [4.78, 5) is 0. The molecule has 0 spiro atoms. The van der Waals surface area contributed by atoms with E-state index in [-0.39, 0.29) is 0 Å². The summed E-state index contributed by atoms with van der Waals surface area (Å²) < 4.78 is 2.31. The predicted octanol–water partition coefficient (Wildman–Crippen LogP) is 4.19. The van der Waals surface area contributed by atoms with E-state index >= 15 is 0 Å². The zero-order valence-electron chi connectivity index (χ0n) is 11.1. The van der Waals surface area contributed by atoms with Crippen LogP contribution in [0.5, 0.6) is 0 Å². The maximum Gasteiger partial charge on any atom is 0.0498 e. The molecule has 0 saturated carbocycles. The minimum absolute atomic E-state index is 0.577. The number of nitrogens with zero attached hydrogens (tertiary/aromatic N) is 1. The van der Waals surface area contributed by atoms with Crippen LogP contribution in [0, 0.1) is 5.92 Å². The highest BCUT2D eigenvalue weighted by Gasteiger charge is 2.11. The second-order valence-corrected chi connectivity index (χ2v) is 5.29. The molecule has 0 aliphatic rings. The summed E-state index contributed by atoms with van der Waals surface area (Å²) in [5, 5.41) is 2.02. The summed E-state index contributed by atoms with van der Waals surface area (Å²) in [7, 11) is 0. The fourth-order valence-electron chi connectivity index (χ4n) is 2.48. The van der Waals surface area contributed by atoms with E-state index in [1.807, 2.05) is 12.1 Å². The molecule has 1 aromatic heterocycles. The SMILES string of the molecule is CCC(CC)Cn1cc(CN)c2ccc(Cl)cc21. The summed E-state index contributed by atoms with van der Waals surface area (Å²) >= 11 is 6.10. The van der Waals surface area contributed by atoms with Crippen LogP contribution in [-0.2, 0) is 13.1 Å². The number of benzene rings is 1. The molecule has 2 rings (SSSR count). The Morgan fingerprint density at radius 1 is 1.28 bits per heavy atom. The van der Waals surface area contributed by atoms with Gasteiger partial charge in [-0.25, -0.2) is 0 Å². The zero-order chi connectivity index (χ0) is 13.1. The standard InChI is InChI=1S/C15H21ClN2/c1-3-11(4-2)9-18-10-12(8-17)14-6-5-13(16)7-15(14)18/h5-7,10-11H,3-4,8-9,17H2,1-2H3. The molecule has 3 heteroatoms. The highest BCUT2D eigenvalue weighted by atomic mass is 35.5. The molecule has 2 nitrogen and oxygen atoms in total. The van der Waals surface area contributed by atoms with Crippen molar-refractivity contribution in [2.75, 3.05) is 0 Å². The summed E-state index contributed by atoms with van der Waals surface area (Å²) in [6.45, 7) is 6.12. The van der Waals surface area contributed by atoms with E-state index in [0.717, 1.165) is 11.6 Å². The van der Waals surface area contributed by atoms with Crippen molar-refractivity contribution >= 4 is 22.5 Å². The first-order valence-corrected chi connectivity index (χ1v) is 7.04. The van der Waals surface area contributed by atoms with Gasteiger partial charge in [0.05, 0.1) is 0 Å². The number of halogens is 1. The van der Waals surface area contributed by atoms with Crippen molar-refractivity contribution in [1.82, 2.24) is 4.57 Å². The molecule has 0 bridgehead atoms. The van der Waals surface area contributed by atoms with E-state index in [2.05, 4.69) is 30.7 Å². The fourth-order valence-corrected chi connectivity index (χ4v) is 2.65. The van der Waals surface area contributed by atoms with Crippen molar-refractivity contribution in [3.05, 3.63) is 35.0 Å². The van der Waals surface area contributed by atoms with Crippen LogP contribution in [0.4, 0.5) is 0 Å². The first-order chi connectivity index (χ1) is 8.69. The van der Waals surface area contributed by atoms with Crippen molar-refractivity contribution in [2.45, 2.75) is 39.8 Å². The largest absolute Gasteiger partial charge is 0.347 e. The third-order valence-electron chi connectivity index (χ3n) is 3.76. The van der Waals surface area contributed by atoms with Crippen LogP contribution in [-0.4, -0.2) is 4.57 Å². The van der Waals surface area contributed by atoms with Gasteiger partial charge in [0, 0.05) is 35.2 Å². The summed E-state index contributed by atoms with van der Waals surface area (Å²) in [5.41, 5.74) is 8.22. The quantitative estimate of drug-likeness (QED) is 0.863. The maximum absolute atomic E-state index is 6.10. The molecular formula is C15H21ClN2. The average Bonchev–Trinajstić information content (AvgIpc) is 2.73. The Balaban J connectivity index is 2.46. The van der Waals surface area contributed by atoms with E-state index in [9.17, 15) is 0 Å². The van der Waals surface area contributed by atoms with E-state index < -0.39 is 0 Å². The lowest BCUT2D eigenvalue weighted by Gasteiger charge is -2.14. The molecule has 98 valence electrons. The number of hydrogen-bond donors (Lipinski definition) is 1. The van der Waals surface area contributed by atoms with Crippen LogP contribution < -0.4 is 5.73 Å². The topological polar surface area (TPSA) is 30.9 Å². The van der Waals surface area contributed by atoms with Crippen LogP contribution in [0.1, 0.15) is 32.3 Å². The van der Waals surface area contributed by atoms with Gasteiger partial charge in [-0.15, -0.1) is 0 Å². The van der Waals surface area contributed by atoms with Crippen molar-refractivity contribution in [3.8, 4) is 0 Å². The smallest absolute Gasteiger partial charge is 0.0498 e. The molecule has 0 fully saturated rings. The lowest BCUT2D eigenvalue weighted by molar-refractivity contribution is 0.425. The molecule has 0 aliphatic heterocycles. The highest BCUT2D eigenvalue weighted by molar-refractivity contribution is 6.31. The number of rotatable bonds is 5. The third-order valence-corrected chi connectivity index (χ3v) is 3.99. The summed E-state index contributed by atoms with van der Waals surface area (Å²) in [5.74, 6) is 0.713. The molecule has 0 atom stereocenters. The van der Waals surface area contributed by atoms with Crippen molar-refractivity contribution in [3.63, 3.8) is 0 Å². The predicted molar refractivity (Wildman–Crippen MR) is 78.9 cm³/mol. The molecule has 2 N–H and O–H groups in total. The first-order valence-electron chi connectivity index (χ1n) is 6.66. The van der Waals surface area contributed by atoms with E-state index in [0.29, 0.717) is 12.5 Å². The minimum atomic E-state index is 0.577. The van der Waals surface area contributed by atoms with Gasteiger partial charge in [0.15, 0.2) is 0 Å². The molecule has 0 unspecified atom stereocenters. The van der Waals surface area contributed by atoms with Crippen LogP contribution >= 0.6 is 11.6 Å². The summed E-state index contributed by atoms with van der Waals surface area (Å²) in [6, 6.07) is 6.05. The Kier molecular flexibility index (Phi) is 4.31.